The van der Waals surface area contributed by atoms with Crippen molar-refractivity contribution < 1.29 is 4.39 Å². The minimum atomic E-state index is -0.258. The van der Waals surface area contributed by atoms with Crippen LogP contribution >= 0.6 is 11.6 Å². The van der Waals surface area contributed by atoms with Crippen LogP contribution < -0.4 is 0 Å². The molecular weight excluding hydrogens is 251 g/mol. The molecule has 0 saturated heterocycles. The van der Waals surface area contributed by atoms with Gasteiger partial charge in [-0.3, -0.25) is 0 Å². The Morgan fingerprint density at radius 1 is 1.39 bits per heavy atom. The van der Waals surface area contributed by atoms with Crippen LogP contribution in [0, 0.1) is 11.7 Å². The van der Waals surface area contributed by atoms with Crippen molar-refractivity contribution in [3.63, 3.8) is 0 Å². The summed E-state index contributed by atoms with van der Waals surface area (Å²) >= 11 is 5.79. The molecule has 0 aliphatic carbocycles. The Hall–Kier alpha value is -1.09. The highest BCUT2D eigenvalue weighted by Crippen LogP contribution is 2.21. The average molecular weight is 269 g/mol. The lowest BCUT2D eigenvalue weighted by Crippen LogP contribution is -2.06. The summed E-state index contributed by atoms with van der Waals surface area (Å²) in [6, 6.07) is 5.10. The molecule has 0 spiro atoms. The van der Waals surface area contributed by atoms with Gasteiger partial charge in [-0.1, -0.05) is 19.9 Å². The Bertz CT molecular complexity index is 534. The van der Waals surface area contributed by atoms with Crippen molar-refractivity contribution in [1.29, 1.82) is 0 Å². The largest absolute Gasteiger partial charge is 0.328 e. The summed E-state index contributed by atoms with van der Waals surface area (Å²) < 4.78 is 15.8. The van der Waals surface area contributed by atoms with Crippen molar-refractivity contribution in [2.24, 2.45) is 5.92 Å². The Labute approximate surface area is 112 Å². The van der Waals surface area contributed by atoms with Gasteiger partial charge in [-0.15, -0.1) is 11.6 Å². The molecule has 1 aromatic heterocycles. The number of halogens is 2. The standard InChI is InChI=1S/C14H18ClFN2/c1-10(2)7-9-18-12-5-3-4-11(16)14(12)17-13(18)6-8-15/h3-5,10H,6-9H2,1-2H3. The normalized spacial score (nSPS) is 11.6. The summed E-state index contributed by atoms with van der Waals surface area (Å²) in [4.78, 5) is 4.38. The number of rotatable bonds is 5. The van der Waals surface area contributed by atoms with Crippen LogP contribution in [-0.4, -0.2) is 15.4 Å². The Morgan fingerprint density at radius 3 is 2.83 bits per heavy atom. The van der Waals surface area contributed by atoms with Gasteiger partial charge in [0, 0.05) is 18.8 Å². The van der Waals surface area contributed by atoms with E-state index >= 15 is 0 Å². The average Bonchev–Trinajstić information content (AvgIpc) is 2.66. The van der Waals surface area contributed by atoms with Gasteiger partial charge in [0.1, 0.15) is 11.3 Å². The first-order valence-electron chi connectivity index (χ1n) is 6.33. The molecule has 2 rings (SSSR count). The molecular formula is C14H18ClFN2. The van der Waals surface area contributed by atoms with Crippen LogP contribution in [0.25, 0.3) is 11.0 Å². The molecule has 2 aromatic rings. The molecule has 2 nitrogen and oxygen atoms in total. The summed E-state index contributed by atoms with van der Waals surface area (Å²) in [5, 5.41) is 0. The smallest absolute Gasteiger partial charge is 0.151 e. The predicted octanol–water partition coefficient (Wildman–Crippen LogP) is 4.00. The Balaban J connectivity index is 2.45. The fourth-order valence-corrected chi connectivity index (χ4v) is 2.24. The second-order valence-corrected chi connectivity index (χ2v) is 5.29. The van der Waals surface area contributed by atoms with Gasteiger partial charge in [-0.2, -0.15) is 0 Å². The van der Waals surface area contributed by atoms with Gasteiger partial charge in [0.25, 0.3) is 0 Å². The fourth-order valence-electron chi connectivity index (χ4n) is 2.07. The van der Waals surface area contributed by atoms with E-state index in [0.29, 0.717) is 23.7 Å². The molecule has 0 N–H and O–H groups in total. The van der Waals surface area contributed by atoms with E-state index in [1.807, 2.05) is 6.07 Å². The third-order valence-corrected chi connectivity index (χ3v) is 3.25. The topological polar surface area (TPSA) is 17.8 Å². The van der Waals surface area contributed by atoms with Crippen LogP contribution in [-0.2, 0) is 13.0 Å². The van der Waals surface area contributed by atoms with Crippen LogP contribution in [0.3, 0.4) is 0 Å². The third-order valence-electron chi connectivity index (χ3n) is 3.06. The summed E-state index contributed by atoms with van der Waals surface area (Å²) in [7, 11) is 0. The molecule has 18 heavy (non-hydrogen) atoms. The van der Waals surface area contributed by atoms with Crippen molar-refractivity contribution in [3.8, 4) is 0 Å². The van der Waals surface area contributed by atoms with Gasteiger partial charge in [0.05, 0.1) is 5.52 Å². The first kappa shape index (κ1) is 13.3. The first-order chi connectivity index (χ1) is 8.63. The number of fused-ring (bicyclic) bond motifs is 1. The van der Waals surface area contributed by atoms with Crippen LogP contribution in [0.15, 0.2) is 18.2 Å². The molecule has 0 fully saturated rings. The zero-order valence-corrected chi connectivity index (χ0v) is 11.5. The number of hydrogen-bond donors (Lipinski definition) is 0. The van der Waals surface area contributed by atoms with E-state index in [1.165, 1.54) is 6.07 Å². The zero-order chi connectivity index (χ0) is 13.1. The Kier molecular flexibility index (Phi) is 4.23. The molecule has 0 bridgehead atoms. The van der Waals surface area contributed by atoms with E-state index < -0.39 is 0 Å². The van der Waals surface area contributed by atoms with E-state index in [-0.39, 0.29) is 5.82 Å². The van der Waals surface area contributed by atoms with Crippen molar-refractivity contribution in [2.75, 3.05) is 5.88 Å². The molecule has 0 unspecified atom stereocenters. The highest BCUT2D eigenvalue weighted by atomic mass is 35.5. The lowest BCUT2D eigenvalue weighted by atomic mass is 10.1. The number of nitrogens with zero attached hydrogens (tertiary/aromatic N) is 2. The van der Waals surface area contributed by atoms with Crippen LogP contribution in [0.1, 0.15) is 26.1 Å². The molecule has 0 saturated carbocycles. The number of imidazole rings is 1. The van der Waals surface area contributed by atoms with Gasteiger partial charge in [0.2, 0.25) is 0 Å². The quantitative estimate of drug-likeness (QED) is 0.750. The third kappa shape index (κ3) is 2.66. The molecule has 0 radical (unpaired) electrons. The van der Waals surface area contributed by atoms with E-state index in [4.69, 9.17) is 11.6 Å². The van der Waals surface area contributed by atoms with Crippen LogP contribution in [0.2, 0.25) is 0 Å². The van der Waals surface area contributed by atoms with E-state index in [1.54, 1.807) is 6.07 Å². The zero-order valence-electron chi connectivity index (χ0n) is 10.8. The highest BCUT2D eigenvalue weighted by Gasteiger charge is 2.13. The molecule has 0 atom stereocenters. The van der Waals surface area contributed by atoms with Crippen molar-refractivity contribution in [1.82, 2.24) is 9.55 Å². The minimum absolute atomic E-state index is 0.258. The Morgan fingerprint density at radius 2 is 2.17 bits per heavy atom. The second kappa shape index (κ2) is 5.70. The van der Waals surface area contributed by atoms with Crippen LogP contribution in [0.4, 0.5) is 4.39 Å². The van der Waals surface area contributed by atoms with Gasteiger partial charge in [-0.25, -0.2) is 9.37 Å². The van der Waals surface area contributed by atoms with Crippen molar-refractivity contribution >= 4 is 22.6 Å². The maximum Gasteiger partial charge on any atom is 0.151 e. The van der Waals surface area contributed by atoms with Crippen LogP contribution in [0.5, 0.6) is 0 Å². The summed E-state index contributed by atoms with van der Waals surface area (Å²) in [5.41, 5.74) is 1.33. The predicted molar refractivity (Wildman–Crippen MR) is 73.6 cm³/mol. The maximum absolute atomic E-state index is 13.7. The SMILES string of the molecule is CC(C)CCn1c(CCCl)nc2c(F)cccc21. The first-order valence-corrected chi connectivity index (χ1v) is 6.86. The number of benzene rings is 1. The van der Waals surface area contributed by atoms with Crippen molar-refractivity contribution in [2.45, 2.75) is 33.2 Å². The lowest BCUT2D eigenvalue weighted by molar-refractivity contribution is 0.513. The number of para-hydroxylation sites is 1. The van der Waals surface area contributed by atoms with Gasteiger partial charge in [0.15, 0.2) is 5.82 Å². The van der Waals surface area contributed by atoms with Crippen molar-refractivity contribution in [3.05, 3.63) is 29.8 Å². The summed E-state index contributed by atoms with van der Waals surface area (Å²) in [5.74, 6) is 1.74. The summed E-state index contributed by atoms with van der Waals surface area (Å²) in [6.45, 7) is 5.23. The molecule has 1 heterocycles. The number of aromatic nitrogens is 2. The number of aryl methyl sites for hydroxylation is 2. The van der Waals surface area contributed by atoms with E-state index in [9.17, 15) is 4.39 Å². The fraction of sp³-hybridized carbons (Fsp3) is 0.500. The number of hydrogen-bond acceptors (Lipinski definition) is 1. The number of alkyl halides is 1. The van der Waals surface area contributed by atoms with Gasteiger partial charge in [-0.05, 0) is 24.5 Å². The molecule has 98 valence electrons. The molecule has 0 aliphatic heterocycles. The van der Waals surface area contributed by atoms with Gasteiger partial charge >= 0.3 is 0 Å². The lowest BCUT2D eigenvalue weighted by Gasteiger charge is -2.10. The van der Waals surface area contributed by atoms with Gasteiger partial charge < -0.3 is 4.57 Å². The molecule has 1 aromatic carbocycles. The summed E-state index contributed by atoms with van der Waals surface area (Å²) in [6.07, 6.45) is 1.73. The monoisotopic (exact) mass is 268 g/mol. The maximum atomic E-state index is 13.7. The molecule has 4 heteroatoms. The molecule has 0 aliphatic rings. The minimum Gasteiger partial charge on any atom is -0.328 e. The van der Waals surface area contributed by atoms with E-state index in [2.05, 4.69) is 23.4 Å². The second-order valence-electron chi connectivity index (χ2n) is 4.91. The molecule has 0 amide bonds. The van der Waals surface area contributed by atoms with E-state index in [0.717, 1.165) is 24.3 Å². The highest BCUT2D eigenvalue weighted by molar-refractivity contribution is 6.17.